The molecule has 6 heteroatoms. The minimum atomic E-state index is -3.77. The second kappa shape index (κ2) is 8.94. The van der Waals surface area contributed by atoms with Crippen molar-refractivity contribution in [3.8, 4) is 0 Å². The van der Waals surface area contributed by atoms with Crippen molar-refractivity contribution in [3.05, 3.63) is 65.7 Å². The van der Waals surface area contributed by atoms with Crippen molar-refractivity contribution in [2.75, 3.05) is 13.4 Å². The van der Waals surface area contributed by atoms with Gasteiger partial charge in [-0.25, -0.2) is 0 Å². The fraction of sp³-hybridized carbons (Fsp3) is 0.333. The van der Waals surface area contributed by atoms with Crippen molar-refractivity contribution in [2.24, 2.45) is 0 Å². The van der Waals surface area contributed by atoms with E-state index in [0.717, 1.165) is 11.1 Å². The van der Waals surface area contributed by atoms with Crippen molar-refractivity contribution in [1.82, 2.24) is 0 Å². The molecule has 0 spiro atoms. The minimum absolute atomic E-state index is 0.0646. The van der Waals surface area contributed by atoms with Crippen LogP contribution in [-0.4, -0.2) is 27.9 Å². The first-order valence-electron chi connectivity index (χ1n) is 7.67. The summed E-state index contributed by atoms with van der Waals surface area (Å²) in [4.78, 5) is 0.139. The Morgan fingerprint density at radius 3 is 2.33 bits per heavy atom. The minimum Gasteiger partial charge on any atom is -0.351 e. The summed E-state index contributed by atoms with van der Waals surface area (Å²) in [5.74, 6) is 0. The van der Waals surface area contributed by atoms with Gasteiger partial charge in [0.15, 0.2) is 0 Å². The molecule has 0 saturated carbocycles. The molecular formula is C18H22O5S. The van der Waals surface area contributed by atoms with Crippen LogP contribution in [0.1, 0.15) is 18.1 Å². The van der Waals surface area contributed by atoms with E-state index >= 15 is 0 Å². The van der Waals surface area contributed by atoms with E-state index in [-0.39, 0.29) is 18.3 Å². The second-order valence-electron chi connectivity index (χ2n) is 5.48. The van der Waals surface area contributed by atoms with Crippen LogP contribution < -0.4 is 0 Å². The van der Waals surface area contributed by atoms with Crippen molar-refractivity contribution in [1.29, 1.82) is 0 Å². The molecule has 130 valence electrons. The lowest BCUT2D eigenvalue weighted by Gasteiger charge is -2.14. The van der Waals surface area contributed by atoms with E-state index < -0.39 is 16.2 Å². The maximum atomic E-state index is 12.1. The van der Waals surface area contributed by atoms with Crippen LogP contribution in [0.2, 0.25) is 0 Å². The number of hydrogen-bond donors (Lipinski definition) is 0. The van der Waals surface area contributed by atoms with Crippen molar-refractivity contribution in [3.63, 3.8) is 0 Å². The Balaban J connectivity index is 1.70. The van der Waals surface area contributed by atoms with Crippen molar-refractivity contribution < 1.29 is 22.1 Å². The van der Waals surface area contributed by atoms with Crippen LogP contribution in [0.3, 0.4) is 0 Å². The Bertz CT molecular complexity index is 711. The molecule has 2 aromatic carbocycles. The van der Waals surface area contributed by atoms with Crippen LogP contribution >= 0.6 is 0 Å². The van der Waals surface area contributed by atoms with Crippen LogP contribution in [0.15, 0.2) is 59.5 Å². The third kappa shape index (κ3) is 6.05. The van der Waals surface area contributed by atoms with Gasteiger partial charge in [-0.1, -0.05) is 48.0 Å². The van der Waals surface area contributed by atoms with Gasteiger partial charge in [-0.05, 0) is 31.5 Å². The molecule has 0 N–H and O–H groups in total. The molecule has 0 amide bonds. The summed E-state index contributed by atoms with van der Waals surface area (Å²) in [5.41, 5.74) is 2.04. The van der Waals surface area contributed by atoms with E-state index in [2.05, 4.69) is 0 Å². The number of aryl methyl sites for hydroxylation is 1. The number of hydrogen-bond acceptors (Lipinski definition) is 5. The van der Waals surface area contributed by atoms with Gasteiger partial charge in [0, 0.05) is 0 Å². The van der Waals surface area contributed by atoms with Gasteiger partial charge in [0.25, 0.3) is 10.1 Å². The molecule has 0 unspecified atom stereocenters. The molecule has 0 radical (unpaired) electrons. The monoisotopic (exact) mass is 350 g/mol. The fourth-order valence-corrected chi connectivity index (χ4v) is 2.88. The lowest BCUT2D eigenvalue weighted by molar-refractivity contribution is -0.0990. The van der Waals surface area contributed by atoms with Crippen molar-refractivity contribution >= 4 is 10.1 Å². The van der Waals surface area contributed by atoms with Gasteiger partial charge in [0.05, 0.1) is 24.2 Å². The zero-order valence-corrected chi connectivity index (χ0v) is 14.7. The standard InChI is InChI=1S/C18H22O5S/c1-15-8-10-18(11-9-15)24(19,20)23-12-16(2)22-14-21-13-17-6-4-3-5-7-17/h3-11,16H,12-14H2,1-2H3/t16-/m0/s1. The molecular weight excluding hydrogens is 328 g/mol. The Kier molecular flexibility index (Phi) is 6.93. The topological polar surface area (TPSA) is 61.8 Å². The van der Waals surface area contributed by atoms with E-state index in [4.69, 9.17) is 13.7 Å². The predicted molar refractivity (Wildman–Crippen MR) is 91.0 cm³/mol. The predicted octanol–water partition coefficient (Wildman–Crippen LogP) is 3.28. The van der Waals surface area contributed by atoms with Gasteiger partial charge in [-0.3, -0.25) is 4.18 Å². The maximum absolute atomic E-state index is 12.1. The summed E-state index contributed by atoms with van der Waals surface area (Å²) in [6.07, 6.45) is -0.402. The van der Waals surface area contributed by atoms with Gasteiger partial charge in [-0.15, -0.1) is 0 Å². The highest BCUT2D eigenvalue weighted by Crippen LogP contribution is 2.13. The van der Waals surface area contributed by atoms with E-state index in [0.29, 0.717) is 6.61 Å². The van der Waals surface area contributed by atoms with Gasteiger partial charge < -0.3 is 9.47 Å². The van der Waals surface area contributed by atoms with E-state index in [1.165, 1.54) is 12.1 Å². The Morgan fingerprint density at radius 2 is 1.67 bits per heavy atom. The molecule has 1 atom stereocenters. The zero-order valence-electron chi connectivity index (χ0n) is 13.8. The first kappa shape index (κ1) is 18.6. The molecule has 2 aromatic rings. The molecule has 0 aromatic heterocycles. The average Bonchev–Trinajstić information content (AvgIpc) is 2.58. The first-order chi connectivity index (χ1) is 11.5. The second-order valence-corrected chi connectivity index (χ2v) is 7.10. The van der Waals surface area contributed by atoms with Gasteiger partial charge in [-0.2, -0.15) is 8.42 Å². The molecule has 0 aliphatic rings. The smallest absolute Gasteiger partial charge is 0.297 e. The Hall–Kier alpha value is -1.73. The zero-order chi connectivity index (χ0) is 17.4. The van der Waals surface area contributed by atoms with Crippen LogP contribution in [0.25, 0.3) is 0 Å². The molecule has 0 fully saturated rings. The van der Waals surface area contributed by atoms with Crippen molar-refractivity contribution in [2.45, 2.75) is 31.5 Å². The van der Waals surface area contributed by atoms with E-state index in [1.54, 1.807) is 19.1 Å². The molecule has 0 saturated heterocycles. The third-order valence-electron chi connectivity index (χ3n) is 3.32. The molecule has 0 heterocycles. The normalized spacial score (nSPS) is 12.9. The summed E-state index contributed by atoms with van der Waals surface area (Å²) in [6.45, 7) is 4.07. The van der Waals surface area contributed by atoms with Gasteiger partial charge in [0.1, 0.15) is 6.79 Å². The molecule has 5 nitrogen and oxygen atoms in total. The highest BCUT2D eigenvalue weighted by Gasteiger charge is 2.16. The Labute approximate surface area is 143 Å². The van der Waals surface area contributed by atoms with E-state index in [1.807, 2.05) is 37.3 Å². The number of rotatable bonds is 9. The van der Waals surface area contributed by atoms with Crippen LogP contribution in [0, 0.1) is 6.92 Å². The summed E-state index contributed by atoms with van der Waals surface area (Å²) >= 11 is 0. The molecule has 0 aliphatic carbocycles. The first-order valence-corrected chi connectivity index (χ1v) is 9.07. The molecule has 0 aliphatic heterocycles. The number of ether oxygens (including phenoxy) is 2. The fourth-order valence-electron chi connectivity index (χ4n) is 1.90. The van der Waals surface area contributed by atoms with Gasteiger partial charge >= 0.3 is 0 Å². The lowest BCUT2D eigenvalue weighted by atomic mass is 10.2. The average molecular weight is 350 g/mol. The SMILES string of the molecule is Cc1ccc(S(=O)(=O)OC[C@H](C)OCOCc2ccccc2)cc1. The molecule has 0 bridgehead atoms. The van der Waals surface area contributed by atoms with Crippen LogP contribution in [-0.2, 0) is 30.4 Å². The Morgan fingerprint density at radius 1 is 1.00 bits per heavy atom. The largest absolute Gasteiger partial charge is 0.351 e. The van der Waals surface area contributed by atoms with Crippen LogP contribution in [0.5, 0.6) is 0 Å². The third-order valence-corrected chi connectivity index (χ3v) is 4.61. The van der Waals surface area contributed by atoms with Crippen LogP contribution in [0.4, 0.5) is 0 Å². The lowest BCUT2D eigenvalue weighted by Crippen LogP contribution is -2.20. The van der Waals surface area contributed by atoms with E-state index in [9.17, 15) is 8.42 Å². The summed E-state index contributed by atoms with van der Waals surface area (Å²) < 4.78 is 39.9. The molecule has 2 rings (SSSR count). The number of benzene rings is 2. The van der Waals surface area contributed by atoms with Gasteiger partial charge in [0.2, 0.25) is 0 Å². The maximum Gasteiger partial charge on any atom is 0.297 e. The highest BCUT2D eigenvalue weighted by atomic mass is 32.2. The quantitative estimate of drug-likeness (QED) is 0.394. The summed E-state index contributed by atoms with van der Waals surface area (Å²) in [7, 11) is -3.77. The summed E-state index contributed by atoms with van der Waals surface area (Å²) in [5, 5.41) is 0. The summed E-state index contributed by atoms with van der Waals surface area (Å²) in [6, 6.07) is 16.2. The highest BCUT2D eigenvalue weighted by molar-refractivity contribution is 7.86. The molecule has 24 heavy (non-hydrogen) atoms.